The Hall–Kier alpha value is -0.730. The lowest BCUT2D eigenvalue weighted by Gasteiger charge is -2.42. The highest BCUT2D eigenvalue weighted by molar-refractivity contribution is 6.30. The Morgan fingerprint density at radius 2 is 2.00 bits per heavy atom. The van der Waals surface area contributed by atoms with Crippen molar-refractivity contribution in [1.29, 1.82) is 0 Å². The number of rotatable bonds is 3. The first kappa shape index (κ1) is 15.2. The lowest BCUT2D eigenvalue weighted by molar-refractivity contribution is 0.0162. The fourth-order valence-corrected chi connectivity index (χ4v) is 4.00. The highest BCUT2D eigenvalue weighted by atomic mass is 35.5. The third-order valence-electron chi connectivity index (χ3n) is 4.91. The summed E-state index contributed by atoms with van der Waals surface area (Å²) in [5, 5.41) is 4.51. The minimum Gasteiger partial charge on any atom is -0.487 e. The van der Waals surface area contributed by atoms with Crippen molar-refractivity contribution in [2.75, 3.05) is 6.54 Å². The van der Waals surface area contributed by atoms with Gasteiger partial charge in [0.05, 0.1) is 0 Å². The molecule has 1 aromatic carbocycles. The van der Waals surface area contributed by atoms with Crippen LogP contribution in [0.4, 0.5) is 0 Å². The fraction of sp³-hybridized carbons (Fsp3) is 0.667. The SMILES string of the molecule is CCCNC1CC2(CCCCCC2)Oc2ccc(Cl)cc21. The maximum absolute atomic E-state index is 6.51. The Morgan fingerprint density at radius 1 is 1.24 bits per heavy atom. The zero-order chi connectivity index (χ0) is 14.7. The molecule has 21 heavy (non-hydrogen) atoms. The molecule has 3 rings (SSSR count). The molecule has 1 spiro atoms. The molecule has 0 radical (unpaired) electrons. The molecule has 1 atom stereocenters. The number of fused-ring (bicyclic) bond motifs is 1. The Bertz CT molecular complexity index is 480. The zero-order valence-corrected chi connectivity index (χ0v) is 13.7. The summed E-state index contributed by atoms with van der Waals surface area (Å²) in [5.41, 5.74) is 1.29. The Morgan fingerprint density at radius 3 is 2.71 bits per heavy atom. The predicted octanol–water partition coefficient (Wildman–Crippen LogP) is 5.26. The van der Waals surface area contributed by atoms with Crippen LogP contribution in [-0.2, 0) is 0 Å². The van der Waals surface area contributed by atoms with Crippen LogP contribution in [0.2, 0.25) is 5.02 Å². The first-order valence-corrected chi connectivity index (χ1v) is 8.82. The zero-order valence-electron chi connectivity index (χ0n) is 13.0. The topological polar surface area (TPSA) is 21.3 Å². The molecule has 0 saturated heterocycles. The smallest absolute Gasteiger partial charge is 0.125 e. The first-order valence-electron chi connectivity index (χ1n) is 8.44. The van der Waals surface area contributed by atoms with Crippen molar-refractivity contribution < 1.29 is 4.74 Å². The van der Waals surface area contributed by atoms with Crippen LogP contribution in [-0.4, -0.2) is 12.1 Å². The van der Waals surface area contributed by atoms with Gasteiger partial charge in [-0.1, -0.05) is 31.4 Å². The second-order valence-corrected chi connectivity index (χ2v) is 7.03. The average Bonchev–Trinajstić information content (AvgIpc) is 2.71. The summed E-state index contributed by atoms with van der Waals surface area (Å²) in [6.07, 6.45) is 9.92. The van der Waals surface area contributed by atoms with E-state index in [1.165, 1.54) is 44.1 Å². The molecular weight excluding hydrogens is 282 g/mol. The quantitative estimate of drug-likeness (QED) is 0.822. The standard InChI is InChI=1S/C18H26ClNO/c1-2-11-20-16-13-18(9-5-3-4-6-10-18)21-17-8-7-14(19)12-15(16)17/h7-8,12,16,20H,2-6,9-11,13H2,1H3. The summed E-state index contributed by atoms with van der Waals surface area (Å²) < 4.78 is 6.51. The number of ether oxygens (including phenoxy) is 1. The van der Waals surface area contributed by atoms with E-state index >= 15 is 0 Å². The molecule has 1 aliphatic carbocycles. The summed E-state index contributed by atoms with van der Waals surface area (Å²) in [6, 6.07) is 6.47. The monoisotopic (exact) mass is 307 g/mol. The molecule has 1 N–H and O–H groups in total. The number of nitrogens with one attached hydrogen (secondary N) is 1. The molecule has 1 fully saturated rings. The van der Waals surface area contributed by atoms with Crippen molar-refractivity contribution >= 4 is 11.6 Å². The van der Waals surface area contributed by atoms with Gasteiger partial charge in [0, 0.05) is 23.0 Å². The van der Waals surface area contributed by atoms with Crippen molar-refractivity contribution in [3.63, 3.8) is 0 Å². The number of benzene rings is 1. The van der Waals surface area contributed by atoms with E-state index in [0.29, 0.717) is 6.04 Å². The van der Waals surface area contributed by atoms with Gasteiger partial charge in [0.15, 0.2) is 0 Å². The minimum atomic E-state index is 0.0444. The van der Waals surface area contributed by atoms with Crippen LogP contribution in [0, 0.1) is 0 Å². The van der Waals surface area contributed by atoms with Crippen LogP contribution in [0.3, 0.4) is 0 Å². The molecule has 1 saturated carbocycles. The second-order valence-electron chi connectivity index (χ2n) is 6.59. The lowest BCUT2D eigenvalue weighted by atomic mass is 9.82. The number of hydrogen-bond acceptors (Lipinski definition) is 2. The molecule has 1 aliphatic heterocycles. The lowest BCUT2D eigenvalue weighted by Crippen LogP contribution is -2.44. The molecule has 2 aliphatic rings. The molecule has 0 aromatic heterocycles. The fourth-order valence-electron chi connectivity index (χ4n) is 3.82. The minimum absolute atomic E-state index is 0.0444. The maximum atomic E-state index is 6.51. The van der Waals surface area contributed by atoms with Gasteiger partial charge in [-0.2, -0.15) is 0 Å². The molecule has 116 valence electrons. The molecule has 1 unspecified atom stereocenters. The van der Waals surface area contributed by atoms with Gasteiger partial charge in [-0.25, -0.2) is 0 Å². The second kappa shape index (κ2) is 6.58. The molecule has 1 heterocycles. The highest BCUT2D eigenvalue weighted by Gasteiger charge is 2.40. The van der Waals surface area contributed by atoms with Gasteiger partial charge in [0.1, 0.15) is 11.4 Å². The Kier molecular flexibility index (Phi) is 4.75. The van der Waals surface area contributed by atoms with E-state index in [0.717, 1.165) is 30.2 Å². The molecule has 3 heteroatoms. The highest BCUT2D eigenvalue weighted by Crippen LogP contribution is 2.46. The summed E-state index contributed by atoms with van der Waals surface area (Å²) in [5.74, 6) is 1.04. The normalized spacial score (nSPS) is 24.2. The Labute approximate surface area is 133 Å². The number of hydrogen-bond donors (Lipinski definition) is 1. The van der Waals surface area contributed by atoms with Crippen LogP contribution in [0.1, 0.15) is 69.9 Å². The van der Waals surface area contributed by atoms with Gasteiger partial charge < -0.3 is 10.1 Å². The van der Waals surface area contributed by atoms with E-state index in [9.17, 15) is 0 Å². The third-order valence-corrected chi connectivity index (χ3v) is 5.14. The summed E-state index contributed by atoms with van der Waals surface area (Å²) in [4.78, 5) is 0. The maximum Gasteiger partial charge on any atom is 0.125 e. The van der Waals surface area contributed by atoms with Crippen molar-refractivity contribution in [2.45, 2.75) is 69.9 Å². The van der Waals surface area contributed by atoms with E-state index in [1.54, 1.807) is 0 Å². The van der Waals surface area contributed by atoms with Crippen molar-refractivity contribution in [3.05, 3.63) is 28.8 Å². The number of halogens is 1. The van der Waals surface area contributed by atoms with E-state index in [1.807, 2.05) is 6.07 Å². The molecule has 1 aromatic rings. The molecule has 2 nitrogen and oxygen atoms in total. The molecule has 0 bridgehead atoms. The van der Waals surface area contributed by atoms with Gasteiger partial charge in [0.25, 0.3) is 0 Å². The van der Waals surface area contributed by atoms with Crippen molar-refractivity contribution in [3.8, 4) is 5.75 Å². The van der Waals surface area contributed by atoms with Gasteiger partial charge in [0.2, 0.25) is 0 Å². The van der Waals surface area contributed by atoms with E-state index in [4.69, 9.17) is 16.3 Å². The third kappa shape index (κ3) is 3.37. The van der Waals surface area contributed by atoms with Crippen LogP contribution in [0.15, 0.2) is 18.2 Å². The van der Waals surface area contributed by atoms with Gasteiger partial charge in [-0.15, -0.1) is 0 Å². The van der Waals surface area contributed by atoms with Crippen LogP contribution in [0.25, 0.3) is 0 Å². The summed E-state index contributed by atoms with van der Waals surface area (Å²) in [7, 11) is 0. The predicted molar refractivity (Wildman–Crippen MR) is 88.2 cm³/mol. The summed E-state index contributed by atoms with van der Waals surface area (Å²) >= 11 is 6.20. The largest absolute Gasteiger partial charge is 0.487 e. The van der Waals surface area contributed by atoms with Crippen molar-refractivity contribution in [1.82, 2.24) is 5.32 Å². The van der Waals surface area contributed by atoms with E-state index in [2.05, 4.69) is 24.4 Å². The first-order chi connectivity index (χ1) is 10.2. The summed E-state index contributed by atoms with van der Waals surface area (Å²) in [6.45, 7) is 3.26. The van der Waals surface area contributed by atoms with Gasteiger partial charge in [-0.3, -0.25) is 0 Å². The van der Waals surface area contributed by atoms with Crippen LogP contribution in [0.5, 0.6) is 5.75 Å². The molecule has 0 amide bonds. The van der Waals surface area contributed by atoms with Crippen LogP contribution < -0.4 is 10.1 Å². The average molecular weight is 308 g/mol. The van der Waals surface area contributed by atoms with E-state index < -0.39 is 0 Å². The van der Waals surface area contributed by atoms with Gasteiger partial charge >= 0.3 is 0 Å². The van der Waals surface area contributed by atoms with Gasteiger partial charge in [-0.05, 0) is 56.8 Å². The van der Waals surface area contributed by atoms with E-state index in [-0.39, 0.29) is 5.60 Å². The van der Waals surface area contributed by atoms with Crippen molar-refractivity contribution in [2.24, 2.45) is 0 Å². The van der Waals surface area contributed by atoms with Crippen LogP contribution >= 0.6 is 11.6 Å². The molecular formula is C18H26ClNO. The Balaban J connectivity index is 1.89.